The number of nitrogens with zero attached hydrogens (tertiary/aromatic N) is 1. The summed E-state index contributed by atoms with van der Waals surface area (Å²) in [5.41, 5.74) is 0.360. The van der Waals surface area contributed by atoms with Gasteiger partial charge in [-0.15, -0.1) is 0 Å². The van der Waals surface area contributed by atoms with Gasteiger partial charge in [-0.05, 0) is 24.6 Å². The summed E-state index contributed by atoms with van der Waals surface area (Å²) in [6, 6.07) is 4.87. The highest BCUT2D eigenvalue weighted by atomic mass is 16.5. The molecule has 1 saturated heterocycles. The maximum atomic E-state index is 12.3. The van der Waals surface area contributed by atoms with Gasteiger partial charge in [-0.1, -0.05) is 6.92 Å². The van der Waals surface area contributed by atoms with Gasteiger partial charge in [0, 0.05) is 39.1 Å². The van der Waals surface area contributed by atoms with E-state index in [4.69, 9.17) is 4.74 Å². The van der Waals surface area contributed by atoms with Crippen LogP contribution < -0.4 is 10.1 Å². The first-order chi connectivity index (χ1) is 10.2. The van der Waals surface area contributed by atoms with Gasteiger partial charge in [0.15, 0.2) is 5.78 Å². The molecule has 0 amide bonds. The average Bonchev–Trinajstić information content (AvgIpc) is 2.53. The first kappa shape index (κ1) is 15.8. The Morgan fingerprint density at radius 2 is 2.14 bits per heavy atom. The number of benzene rings is 1. The molecule has 1 aromatic carbocycles. The van der Waals surface area contributed by atoms with Gasteiger partial charge in [0.05, 0.1) is 12.2 Å². The molecule has 0 unspecified atom stereocenters. The van der Waals surface area contributed by atoms with E-state index in [1.165, 1.54) is 6.07 Å². The highest BCUT2D eigenvalue weighted by molar-refractivity contribution is 5.99. The second kappa shape index (κ2) is 8.00. The van der Waals surface area contributed by atoms with Crippen molar-refractivity contribution < 1.29 is 14.6 Å². The van der Waals surface area contributed by atoms with Crippen LogP contribution in [0.5, 0.6) is 11.5 Å². The summed E-state index contributed by atoms with van der Waals surface area (Å²) >= 11 is 0. The topological polar surface area (TPSA) is 61.8 Å². The van der Waals surface area contributed by atoms with Crippen LogP contribution in [0.4, 0.5) is 0 Å². The lowest BCUT2D eigenvalue weighted by Crippen LogP contribution is -2.44. The lowest BCUT2D eigenvalue weighted by molar-refractivity contribution is 0.0957. The van der Waals surface area contributed by atoms with Gasteiger partial charge >= 0.3 is 0 Å². The van der Waals surface area contributed by atoms with E-state index in [9.17, 15) is 9.90 Å². The Hall–Kier alpha value is -1.59. The summed E-state index contributed by atoms with van der Waals surface area (Å²) in [5.74, 6) is 0.636. The largest absolute Gasteiger partial charge is 0.507 e. The molecule has 1 heterocycles. The van der Waals surface area contributed by atoms with Crippen LogP contribution >= 0.6 is 0 Å². The molecular formula is C16H24N2O3. The van der Waals surface area contributed by atoms with Crippen molar-refractivity contribution in [2.24, 2.45) is 0 Å². The third kappa shape index (κ3) is 4.72. The molecule has 0 bridgehead atoms. The van der Waals surface area contributed by atoms with Crippen molar-refractivity contribution in [3.63, 3.8) is 0 Å². The number of hydrogen-bond acceptors (Lipinski definition) is 5. The van der Waals surface area contributed by atoms with Crippen molar-refractivity contribution in [3.05, 3.63) is 23.8 Å². The first-order valence-corrected chi connectivity index (χ1v) is 7.63. The molecule has 0 aromatic heterocycles. The minimum Gasteiger partial charge on any atom is -0.507 e. The molecule has 2 rings (SSSR count). The molecular weight excluding hydrogens is 268 g/mol. The number of phenols is 1. The molecule has 0 aliphatic carbocycles. The van der Waals surface area contributed by atoms with E-state index >= 15 is 0 Å². The Morgan fingerprint density at radius 1 is 1.38 bits per heavy atom. The van der Waals surface area contributed by atoms with Crippen LogP contribution in [0.1, 0.15) is 30.1 Å². The Labute approximate surface area is 125 Å². The van der Waals surface area contributed by atoms with E-state index in [0.29, 0.717) is 24.3 Å². The smallest absolute Gasteiger partial charge is 0.168 e. The third-order valence-electron chi connectivity index (χ3n) is 3.61. The van der Waals surface area contributed by atoms with Crippen LogP contribution in [-0.4, -0.2) is 55.1 Å². The quantitative estimate of drug-likeness (QED) is 0.748. The Morgan fingerprint density at radius 3 is 2.86 bits per heavy atom. The normalized spacial score (nSPS) is 15.9. The van der Waals surface area contributed by atoms with E-state index in [-0.39, 0.29) is 11.5 Å². The fourth-order valence-electron chi connectivity index (χ4n) is 2.38. The van der Waals surface area contributed by atoms with Gasteiger partial charge in [-0.2, -0.15) is 0 Å². The summed E-state index contributed by atoms with van der Waals surface area (Å²) in [6.07, 6.45) is 1.33. The van der Waals surface area contributed by atoms with Crippen molar-refractivity contribution in [3.8, 4) is 11.5 Å². The monoisotopic (exact) mass is 292 g/mol. The molecule has 2 N–H and O–H groups in total. The van der Waals surface area contributed by atoms with Gasteiger partial charge in [0.1, 0.15) is 11.5 Å². The summed E-state index contributed by atoms with van der Waals surface area (Å²) in [6.45, 7) is 7.26. The van der Waals surface area contributed by atoms with Gasteiger partial charge in [-0.3, -0.25) is 4.79 Å². The molecule has 1 aliphatic rings. The molecule has 1 aromatic rings. The Kier molecular flexibility index (Phi) is 6.02. The zero-order chi connectivity index (χ0) is 15.1. The number of aromatic hydroxyl groups is 1. The molecule has 0 saturated carbocycles. The van der Waals surface area contributed by atoms with E-state index in [1.807, 2.05) is 6.92 Å². The summed E-state index contributed by atoms with van der Waals surface area (Å²) in [5, 5.41) is 13.2. The molecule has 0 radical (unpaired) electrons. The van der Waals surface area contributed by atoms with E-state index in [1.54, 1.807) is 12.1 Å². The van der Waals surface area contributed by atoms with Crippen LogP contribution in [-0.2, 0) is 0 Å². The lowest BCUT2D eigenvalue weighted by Gasteiger charge is -2.26. The summed E-state index contributed by atoms with van der Waals surface area (Å²) in [7, 11) is 0. The molecule has 21 heavy (non-hydrogen) atoms. The van der Waals surface area contributed by atoms with Crippen molar-refractivity contribution in [2.45, 2.75) is 19.8 Å². The number of rotatable bonds is 7. The number of phenolic OH excluding ortho intramolecular Hbond substituents is 1. The maximum Gasteiger partial charge on any atom is 0.168 e. The maximum absolute atomic E-state index is 12.3. The molecule has 116 valence electrons. The number of carbonyl (C=O) groups is 1. The molecule has 0 spiro atoms. The van der Waals surface area contributed by atoms with Gasteiger partial charge in [0.25, 0.3) is 0 Å². The number of Topliss-reactive ketones (excluding diaryl/α,β-unsaturated/α-hetero) is 1. The minimum absolute atomic E-state index is 0.0316. The number of nitrogens with one attached hydrogen (secondary N) is 1. The second-order valence-electron chi connectivity index (χ2n) is 5.29. The fraction of sp³-hybridized carbons (Fsp3) is 0.562. The predicted molar refractivity (Wildman–Crippen MR) is 82.2 cm³/mol. The van der Waals surface area contributed by atoms with Crippen LogP contribution in [0, 0.1) is 0 Å². The second-order valence-corrected chi connectivity index (χ2v) is 5.29. The molecule has 1 fully saturated rings. The highest BCUT2D eigenvalue weighted by Gasteiger charge is 2.15. The highest BCUT2D eigenvalue weighted by Crippen LogP contribution is 2.24. The molecule has 5 nitrogen and oxygen atoms in total. The fourth-order valence-corrected chi connectivity index (χ4v) is 2.38. The number of ether oxygens (including phenoxy) is 1. The minimum atomic E-state index is -0.0343. The van der Waals surface area contributed by atoms with Crippen LogP contribution in [0.15, 0.2) is 18.2 Å². The van der Waals surface area contributed by atoms with Crippen molar-refractivity contribution in [1.29, 1.82) is 0 Å². The third-order valence-corrected chi connectivity index (χ3v) is 3.61. The van der Waals surface area contributed by atoms with Crippen LogP contribution in [0.3, 0.4) is 0 Å². The standard InChI is InChI=1S/C16H24N2O3/c1-2-11-21-13-3-4-15(19)14(12-13)16(20)5-8-18-9-6-17-7-10-18/h3-4,12,17,19H,2,5-11H2,1H3. The first-order valence-electron chi connectivity index (χ1n) is 7.63. The lowest BCUT2D eigenvalue weighted by atomic mass is 10.1. The number of hydrogen-bond donors (Lipinski definition) is 2. The summed E-state index contributed by atoms with van der Waals surface area (Å²) < 4.78 is 5.51. The Balaban J connectivity index is 1.93. The SMILES string of the molecule is CCCOc1ccc(O)c(C(=O)CCN2CCNCC2)c1. The van der Waals surface area contributed by atoms with Gasteiger partial charge in [-0.25, -0.2) is 0 Å². The van der Waals surface area contributed by atoms with E-state index < -0.39 is 0 Å². The van der Waals surface area contributed by atoms with Crippen molar-refractivity contribution in [1.82, 2.24) is 10.2 Å². The number of piperazine rings is 1. The Bertz CT molecular complexity index is 471. The number of ketones is 1. The van der Waals surface area contributed by atoms with Gasteiger partial charge < -0.3 is 20.1 Å². The van der Waals surface area contributed by atoms with Crippen molar-refractivity contribution >= 4 is 5.78 Å². The van der Waals surface area contributed by atoms with Crippen molar-refractivity contribution in [2.75, 3.05) is 39.3 Å². The van der Waals surface area contributed by atoms with Crippen LogP contribution in [0.2, 0.25) is 0 Å². The summed E-state index contributed by atoms with van der Waals surface area (Å²) in [4.78, 5) is 14.5. The molecule has 5 heteroatoms. The zero-order valence-electron chi connectivity index (χ0n) is 12.6. The van der Waals surface area contributed by atoms with E-state index in [0.717, 1.165) is 39.1 Å². The van der Waals surface area contributed by atoms with Crippen LogP contribution in [0.25, 0.3) is 0 Å². The number of carbonyl (C=O) groups excluding carboxylic acids is 1. The van der Waals surface area contributed by atoms with E-state index in [2.05, 4.69) is 10.2 Å². The average molecular weight is 292 g/mol. The zero-order valence-corrected chi connectivity index (χ0v) is 12.6. The predicted octanol–water partition coefficient (Wildman–Crippen LogP) is 1.66. The molecule has 1 aliphatic heterocycles. The molecule has 0 atom stereocenters. The van der Waals surface area contributed by atoms with Gasteiger partial charge in [0.2, 0.25) is 0 Å².